The van der Waals surface area contributed by atoms with Gasteiger partial charge in [-0.15, -0.1) is 0 Å². The zero-order valence-electron chi connectivity index (χ0n) is 15.1. The summed E-state index contributed by atoms with van der Waals surface area (Å²) >= 11 is 0. The standard InChI is InChI=1S/C20H33N3/c1-17(2)23-11-9-18(10-12-23)15-22-14-13-21(3)20(16-22)19-7-5-4-6-8-19/h4-8,17-18,20H,9-16H2,1-3H3/t20-/m0/s1. The van der Waals surface area contributed by atoms with Crippen LogP contribution in [0.2, 0.25) is 0 Å². The van der Waals surface area contributed by atoms with Crippen LogP contribution in [0.15, 0.2) is 30.3 Å². The fourth-order valence-electron chi connectivity index (χ4n) is 4.15. The van der Waals surface area contributed by atoms with Gasteiger partial charge in [0.05, 0.1) is 0 Å². The first kappa shape index (κ1) is 16.9. The molecule has 0 bridgehead atoms. The van der Waals surface area contributed by atoms with Crippen molar-refractivity contribution in [2.45, 2.75) is 38.8 Å². The van der Waals surface area contributed by atoms with Gasteiger partial charge in [0.2, 0.25) is 0 Å². The van der Waals surface area contributed by atoms with Crippen molar-refractivity contribution in [3.63, 3.8) is 0 Å². The number of piperidine rings is 1. The first-order valence-electron chi connectivity index (χ1n) is 9.35. The lowest BCUT2D eigenvalue weighted by Crippen LogP contribution is -2.49. The molecule has 0 amide bonds. The molecule has 1 aromatic rings. The minimum absolute atomic E-state index is 0.556. The van der Waals surface area contributed by atoms with Gasteiger partial charge in [0, 0.05) is 38.3 Å². The third-order valence-corrected chi connectivity index (χ3v) is 5.81. The summed E-state index contributed by atoms with van der Waals surface area (Å²) in [6.45, 7) is 12.1. The first-order chi connectivity index (χ1) is 11.1. The number of hydrogen-bond donors (Lipinski definition) is 0. The molecule has 0 aromatic heterocycles. The summed E-state index contributed by atoms with van der Waals surface area (Å²) in [5.74, 6) is 0.893. The Morgan fingerprint density at radius 3 is 2.35 bits per heavy atom. The van der Waals surface area contributed by atoms with E-state index in [1.807, 2.05) is 0 Å². The molecular weight excluding hydrogens is 282 g/mol. The molecule has 128 valence electrons. The molecular formula is C20H33N3. The molecule has 2 saturated heterocycles. The van der Waals surface area contributed by atoms with Gasteiger partial charge in [-0.25, -0.2) is 0 Å². The Balaban J connectivity index is 1.53. The molecule has 0 saturated carbocycles. The number of piperazine rings is 1. The van der Waals surface area contributed by atoms with Gasteiger partial charge in [-0.3, -0.25) is 9.80 Å². The highest BCUT2D eigenvalue weighted by Crippen LogP contribution is 2.26. The van der Waals surface area contributed by atoms with E-state index >= 15 is 0 Å². The van der Waals surface area contributed by atoms with Crippen LogP contribution in [0.4, 0.5) is 0 Å². The summed E-state index contributed by atoms with van der Waals surface area (Å²) < 4.78 is 0. The van der Waals surface area contributed by atoms with Crippen molar-refractivity contribution < 1.29 is 0 Å². The molecule has 0 radical (unpaired) electrons. The second-order valence-corrected chi connectivity index (χ2v) is 7.74. The highest BCUT2D eigenvalue weighted by atomic mass is 15.3. The van der Waals surface area contributed by atoms with Crippen LogP contribution >= 0.6 is 0 Å². The van der Waals surface area contributed by atoms with Crippen molar-refractivity contribution in [3.8, 4) is 0 Å². The zero-order chi connectivity index (χ0) is 16.2. The Morgan fingerprint density at radius 2 is 1.70 bits per heavy atom. The van der Waals surface area contributed by atoms with Gasteiger partial charge in [0.25, 0.3) is 0 Å². The van der Waals surface area contributed by atoms with Crippen LogP contribution in [-0.2, 0) is 0 Å². The molecule has 23 heavy (non-hydrogen) atoms. The Labute approximate surface area is 142 Å². The monoisotopic (exact) mass is 315 g/mol. The first-order valence-corrected chi connectivity index (χ1v) is 9.35. The molecule has 2 aliphatic heterocycles. The van der Waals surface area contributed by atoms with E-state index in [0.29, 0.717) is 12.1 Å². The topological polar surface area (TPSA) is 9.72 Å². The minimum atomic E-state index is 0.556. The lowest BCUT2D eigenvalue weighted by atomic mass is 9.94. The van der Waals surface area contributed by atoms with Crippen molar-refractivity contribution in [1.82, 2.24) is 14.7 Å². The summed E-state index contributed by atoms with van der Waals surface area (Å²) in [6.07, 6.45) is 2.75. The summed E-state index contributed by atoms with van der Waals surface area (Å²) in [5.41, 5.74) is 1.47. The van der Waals surface area contributed by atoms with E-state index in [1.54, 1.807) is 0 Å². The van der Waals surface area contributed by atoms with Crippen LogP contribution in [-0.4, -0.2) is 67.1 Å². The van der Waals surface area contributed by atoms with E-state index in [2.05, 4.69) is 65.9 Å². The Morgan fingerprint density at radius 1 is 1.00 bits per heavy atom. The van der Waals surface area contributed by atoms with Crippen molar-refractivity contribution in [2.75, 3.05) is 46.3 Å². The third-order valence-electron chi connectivity index (χ3n) is 5.81. The van der Waals surface area contributed by atoms with Crippen LogP contribution < -0.4 is 0 Å². The zero-order valence-corrected chi connectivity index (χ0v) is 15.1. The van der Waals surface area contributed by atoms with E-state index in [4.69, 9.17) is 0 Å². The highest BCUT2D eigenvalue weighted by molar-refractivity contribution is 5.20. The quantitative estimate of drug-likeness (QED) is 0.845. The molecule has 2 fully saturated rings. The fraction of sp³-hybridized carbons (Fsp3) is 0.700. The van der Waals surface area contributed by atoms with Crippen molar-refractivity contribution in [3.05, 3.63) is 35.9 Å². The van der Waals surface area contributed by atoms with E-state index in [-0.39, 0.29) is 0 Å². The van der Waals surface area contributed by atoms with Crippen LogP contribution in [0, 0.1) is 5.92 Å². The lowest BCUT2D eigenvalue weighted by Gasteiger charge is -2.42. The second kappa shape index (κ2) is 7.78. The molecule has 3 heteroatoms. The average Bonchev–Trinajstić information content (AvgIpc) is 2.58. The Bertz CT molecular complexity index is 465. The van der Waals surface area contributed by atoms with Gasteiger partial charge >= 0.3 is 0 Å². The van der Waals surface area contributed by atoms with Crippen molar-refractivity contribution in [2.24, 2.45) is 5.92 Å². The minimum Gasteiger partial charge on any atom is -0.301 e. The van der Waals surface area contributed by atoms with Crippen LogP contribution in [0.5, 0.6) is 0 Å². The molecule has 0 aliphatic carbocycles. The van der Waals surface area contributed by atoms with E-state index < -0.39 is 0 Å². The molecule has 1 atom stereocenters. The molecule has 0 N–H and O–H groups in total. The number of likely N-dealkylation sites (tertiary alicyclic amines) is 1. The fourth-order valence-corrected chi connectivity index (χ4v) is 4.15. The largest absolute Gasteiger partial charge is 0.301 e. The van der Waals surface area contributed by atoms with Gasteiger partial charge in [0.1, 0.15) is 0 Å². The van der Waals surface area contributed by atoms with E-state index in [9.17, 15) is 0 Å². The maximum Gasteiger partial charge on any atom is 0.0472 e. The van der Waals surface area contributed by atoms with E-state index in [0.717, 1.165) is 5.92 Å². The number of hydrogen-bond acceptors (Lipinski definition) is 3. The summed E-state index contributed by atoms with van der Waals surface area (Å²) in [7, 11) is 2.27. The van der Waals surface area contributed by atoms with Crippen molar-refractivity contribution in [1.29, 1.82) is 0 Å². The van der Waals surface area contributed by atoms with Gasteiger partial charge < -0.3 is 4.90 Å². The van der Waals surface area contributed by atoms with Gasteiger partial charge in [-0.2, -0.15) is 0 Å². The molecule has 0 unspecified atom stereocenters. The van der Waals surface area contributed by atoms with Gasteiger partial charge in [-0.1, -0.05) is 30.3 Å². The van der Waals surface area contributed by atoms with Crippen LogP contribution in [0.3, 0.4) is 0 Å². The highest BCUT2D eigenvalue weighted by Gasteiger charge is 2.28. The maximum absolute atomic E-state index is 2.72. The van der Waals surface area contributed by atoms with Gasteiger partial charge in [0.15, 0.2) is 0 Å². The second-order valence-electron chi connectivity index (χ2n) is 7.74. The molecule has 1 aromatic carbocycles. The SMILES string of the molecule is CC(C)N1CCC(CN2CCN(C)[C@H](c3ccccc3)C2)CC1. The lowest BCUT2D eigenvalue weighted by molar-refractivity contribution is 0.0648. The van der Waals surface area contributed by atoms with Crippen LogP contribution in [0.25, 0.3) is 0 Å². The molecule has 2 aliphatic rings. The number of likely N-dealkylation sites (N-methyl/N-ethyl adjacent to an activating group) is 1. The maximum atomic E-state index is 2.72. The molecule has 0 spiro atoms. The summed E-state index contributed by atoms with van der Waals surface area (Å²) in [4.78, 5) is 7.87. The number of nitrogens with zero attached hydrogens (tertiary/aromatic N) is 3. The number of benzene rings is 1. The van der Waals surface area contributed by atoms with E-state index in [1.165, 1.54) is 57.7 Å². The Kier molecular flexibility index (Phi) is 5.73. The average molecular weight is 316 g/mol. The smallest absolute Gasteiger partial charge is 0.0472 e. The normalized spacial score (nSPS) is 26.0. The molecule has 2 heterocycles. The summed E-state index contributed by atoms with van der Waals surface area (Å²) in [6, 6.07) is 12.3. The number of rotatable bonds is 4. The molecule has 3 nitrogen and oxygen atoms in total. The summed E-state index contributed by atoms with van der Waals surface area (Å²) in [5, 5.41) is 0. The third kappa shape index (κ3) is 4.34. The molecule has 3 rings (SSSR count). The predicted octanol–water partition coefficient (Wildman–Crippen LogP) is 3.10. The van der Waals surface area contributed by atoms with Crippen LogP contribution in [0.1, 0.15) is 38.3 Å². The van der Waals surface area contributed by atoms with Gasteiger partial charge in [-0.05, 0) is 58.3 Å². The van der Waals surface area contributed by atoms with Crippen molar-refractivity contribution >= 4 is 0 Å². The predicted molar refractivity (Wildman–Crippen MR) is 97.7 cm³/mol. The Hall–Kier alpha value is -0.900.